The van der Waals surface area contributed by atoms with E-state index in [9.17, 15) is 13.2 Å². The minimum absolute atomic E-state index is 0. The lowest BCUT2D eigenvalue weighted by molar-refractivity contribution is -0.137. The van der Waals surface area contributed by atoms with E-state index in [1.54, 1.807) is 0 Å². The second-order valence-corrected chi connectivity index (χ2v) is 5.95. The van der Waals surface area contributed by atoms with E-state index in [-0.39, 0.29) is 42.5 Å². The number of nitrogens with zero attached hydrogens (tertiary/aromatic N) is 1. The molecule has 0 spiro atoms. The number of guanidine groups is 1. The first kappa shape index (κ1) is 21.9. The molecule has 0 aromatic heterocycles. The van der Waals surface area contributed by atoms with Crippen LogP contribution in [0.2, 0.25) is 0 Å². The SMILES string of the molecule is I.NC(=NCC#Cc1ccc(C(F)(F)F)cc1)NC1CCOc2ccccc21. The Morgan fingerprint density at radius 1 is 1.18 bits per heavy atom. The van der Waals surface area contributed by atoms with Crippen LogP contribution in [0.5, 0.6) is 5.75 Å². The largest absolute Gasteiger partial charge is 0.493 e. The van der Waals surface area contributed by atoms with Gasteiger partial charge >= 0.3 is 6.18 Å². The molecule has 0 fully saturated rings. The fourth-order valence-electron chi connectivity index (χ4n) is 2.72. The van der Waals surface area contributed by atoms with Crippen molar-refractivity contribution in [1.82, 2.24) is 5.32 Å². The smallest absolute Gasteiger partial charge is 0.416 e. The van der Waals surface area contributed by atoms with Crippen molar-refractivity contribution in [2.45, 2.75) is 18.6 Å². The number of hydrogen-bond acceptors (Lipinski definition) is 2. The molecule has 2 aromatic carbocycles. The first-order chi connectivity index (χ1) is 12.9. The zero-order valence-electron chi connectivity index (χ0n) is 14.8. The highest BCUT2D eigenvalue weighted by molar-refractivity contribution is 14.0. The summed E-state index contributed by atoms with van der Waals surface area (Å²) in [7, 11) is 0. The molecule has 3 N–H and O–H groups in total. The number of halogens is 4. The highest BCUT2D eigenvalue weighted by atomic mass is 127. The van der Waals surface area contributed by atoms with E-state index in [0.29, 0.717) is 12.2 Å². The van der Waals surface area contributed by atoms with Crippen LogP contribution in [0, 0.1) is 11.8 Å². The number of rotatable bonds is 2. The standard InChI is InChI=1S/C20H18F3N3O.HI/c21-20(22,23)15-9-7-14(8-10-15)4-3-12-25-19(24)26-17-11-13-27-18-6-2-1-5-16(17)18;/h1-2,5-10,17H,11-13H2,(H3,24,25,26);1H. The van der Waals surface area contributed by atoms with Crippen molar-refractivity contribution in [2.24, 2.45) is 10.7 Å². The van der Waals surface area contributed by atoms with Crippen molar-refractivity contribution in [2.75, 3.05) is 13.2 Å². The Morgan fingerprint density at radius 2 is 1.89 bits per heavy atom. The van der Waals surface area contributed by atoms with Crippen LogP contribution in [0.25, 0.3) is 0 Å². The zero-order valence-corrected chi connectivity index (χ0v) is 17.1. The molecule has 148 valence electrons. The van der Waals surface area contributed by atoms with Crippen molar-refractivity contribution in [1.29, 1.82) is 0 Å². The van der Waals surface area contributed by atoms with Gasteiger partial charge in [-0.05, 0) is 30.3 Å². The molecule has 0 aliphatic carbocycles. The summed E-state index contributed by atoms with van der Waals surface area (Å²) in [5, 5.41) is 3.15. The van der Waals surface area contributed by atoms with Gasteiger partial charge in [0.2, 0.25) is 0 Å². The van der Waals surface area contributed by atoms with Crippen LogP contribution in [-0.2, 0) is 6.18 Å². The number of ether oxygens (including phenoxy) is 1. The molecule has 0 saturated heterocycles. The number of para-hydroxylation sites is 1. The summed E-state index contributed by atoms with van der Waals surface area (Å²) < 4.78 is 43.2. The number of fused-ring (bicyclic) bond motifs is 1. The summed E-state index contributed by atoms with van der Waals surface area (Å²) >= 11 is 0. The predicted octanol–water partition coefficient (Wildman–Crippen LogP) is 4.10. The van der Waals surface area contributed by atoms with Crippen molar-refractivity contribution < 1.29 is 17.9 Å². The van der Waals surface area contributed by atoms with E-state index in [4.69, 9.17) is 10.5 Å². The van der Waals surface area contributed by atoms with E-state index < -0.39 is 11.7 Å². The molecule has 8 heteroatoms. The molecule has 0 radical (unpaired) electrons. The van der Waals surface area contributed by atoms with Crippen molar-refractivity contribution in [3.05, 3.63) is 65.2 Å². The third kappa shape index (κ3) is 5.79. The third-order valence-electron chi connectivity index (χ3n) is 4.05. The molecular weight excluding hydrogens is 482 g/mol. The van der Waals surface area contributed by atoms with Gasteiger partial charge in [-0.1, -0.05) is 30.0 Å². The molecule has 1 heterocycles. The second kappa shape index (κ2) is 9.68. The molecule has 0 bridgehead atoms. The van der Waals surface area contributed by atoms with Crippen LogP contribution in [0.15, 0.2) is 53.5 Å². The van der Waals surface area contributed by atoms with Crippen molar-refractivity contribution in [3.8, 4) is 17.6 Å². The number of aliphatic imine (C=N–C) groups is 1. The molecule has 0 amide bonds. The summed E-state index contributed by atoms with van der Waals surface area (Å²) in [6, 6.07) is 12.4. The minimum atomic E-state index is -4.35. The Balaban J connectivity index is 0.00000280. The summed E-state index contributed by atoms with van der Waals surface area (Å²) in [5.41, 5.74) is 6.73. The Labute approximate surface area is 178 Å². The average Bonchev–Trinajstić information content (AvgIpc) is 2.65. The lowest BCUT2D eigenvalue weighted by Crippen LogP contribution is -2.37. The zero-order chi connectivity index (χ0) is 19.3. The fourth-order valence-corrected chi connectivity index (χ4v) is 2.72. The monoisotopic (exact) mass is 501 g/mol. The Morgan fingerprint density at radius 3 is 2.61 bits per heavy atom. The van der Waals surface area contributed by atoms with Gasteiger partial charge < -0.3 is 15.8 Å². The van der Waals surface area contributed by atoms with Gasteiger partial charge in [0.05, 0.1) is 18.2 Å². The molecule has 2 aromatic rings. The molecule has 1 atom stereocenters. The van der Waals surface area contributed by atoms with Gasteiger partial charge in [0.15, 0.2) is 5.96 Å². The summed E-state index contributed by atoms with van der Waals surface area (Å²) in [4.78, 5) is 4.15. The Kier molecular flexibility index (Phi) is 7.57. The van der Waals surface area contributed by atoms with Crippen LogP contribution in [0.1, 0.15) is 29.2 Å². The first-order valence-corrected chi connectivity index (χ1v) is 8.38. The number of hydrogen-bond donors (Lipinski definition) is 2. The molecule has 28 heavy (non-hydrogen) atoms. The van der Waals surface area contributed by atoms with E-state index >= 15 is 0 Å². The highest BCUT2D eigenvalue weighted by Gasteiger charge is 2.29. The number of benzene rings is 2. The van der Waals surface area contributed by atoms with Gasteiger partial charge in [0.25, 0.3) is 0 Å². The quantitative estimate of drug-likeness (QED) is 0.282. The van der Waals surface area contributed by atoms with E-state index in [2.05, 4.69) is 22.2 Å². The van der Waals surface area contributed by atoms with E-state index in [1.807, 2.05) is 24.3 Å². The molecular formula is C20H19F3IN3O. The predicted molar refractivity (Wildman–Crippen MR) is 113 cm³/mol. The van der Waals surface area contributed by atoms with Crippen LogP contribution >= 0.6 is 24.0 Å². The van der Waals surface area contributed by atoms with Gasteiger partial charge in [-0.3, -0.25) is 0 Å². The molecule has 4 nitrogen and oxygen atoms in total. The van der Waals surface area contributed by atoms with Gasteiger partial charge in [0.1, 0.15) is 12.3 Å². The van der Waals surface area contributed by atoms with E-state index in [0.717, 1.165) is 29.9 Å². The number of alkyl halides is 3. The van der Waals surface area contributed by atoms with Gasteiger partial charge in [0, 0.05) is 17.5 Å². The van der Waals surface area contributed by atoms with Gasteiger partial charge in [-0.2, -0.15) is 13.2 Å². The normalized spacial score (nSPS) is 16.0. The Bertz CT molecular complexity index is 886. The summed E-state index contributed by atoms with van der Waals surface area (Å²) in [6.07, 6.45) is -3.58. The van der Waals surface area contributed by atoms with Crippen LogP contribution in [0.4, 0.5) is 13.2 Å². The van der Waals surface area contributed by atoms with Gasteiger partial charge in [-0.25, -0.2) is 4.99 Å². The minimum Gasteiger partial charge on any atom is -0.493 e. The number of nitrogens with one attached hydrogen (secondary N) is 1. The van der Waals surface area contributed by atoms with Crippen molar-refractivity contribution in [3.63, 3.8) is 0 Å². The highest BCUT2D eigenvalue weighted by Crippen LogP contribution is 2.31. The molecule has 3 rings (SSSR count). The Hall–Kier alpha value is -2.41. The third-order valence-corrected chi connectivity index (χ3v) is 4.05. The maximum atomic E-state index is 12.5. The van der Waals surface area contributed by atoms with Crippen LogP contribution < -0.4 is 15.8 Å². The lowest BCUT2D eigenvalue weighted by atomic mass is 10.0. The second-order valence-electron chi connectivity index (χ2n) is 5.95. The summed E-state index contributed by atoms with van der Waals surface area (Å²) in [5.74, 6) is 6.65. The summed E-state index contributed by atoms with van der Waals surface area (Å²) in [6.45, 7) is 0.737. The van der Waals surface area contributed by atoms with Gasteiger partial charge in [-0.15, -0.1) is 24.0 Å². The van der Waals surface area contributed by atoms with Crippen LogP contribution in [-0.4, -0.2) is 19.1 Å². The fraction of sp³-hybridized carbons (Fsp3) is 0.250. The average molecular weight is 501 g/mol. The lowest BCUT2D eigenvalue weighted by Gasteiger charge is -2.26. The number of nitrogens with two attached hydrogens (primary N) is 1. The molecule has 1 aliphatic heterocycles. The van der Waals surface area contributed by atoms with Crippen molar-refractivity contribution >= 4 is 29.9 Å². The van der Waals surface area contributed by atoms with E-state index in [1.165, 1.54) is 12.1 Å². The maximum absolute atomic E-state index is 12.5. The van der Waals surface area contributed by atoms with Crippen LogP contribution in [0.3, 0.4) is 0 Å². The molecule has 1 unspecified atom stereocenters. The maximum Gasteiger partial charge on any atom is 0.416 e. The molecule has 1 aliphatic rings. The first-order valence-electron chi connectivity index (χ1n) is 8.38. The topological polar surface area (TPSA) is 59.6 Å². The molecule has 0 saturated carbocycles.